The van der Waals surface area contributed by atoms with Gasteiger partial charge in [0.15, 0.2) is 0 Å². The lowest BCUT2D eigenvalue weighted by molar-refractivity contribution is -0.117. The summed E-state index contributed by atoms with van der Waals surface area (Å²) in [5.74, 6) is -0.386. The summed E-state index contributed by atoms with van der Waals surface area (Å²) in [6, 6.07) is 5.90. The van der Waals surface area contributed by atoms with E-state index in [1.807, 2.05) is 0 Å². The highest BCUT2D eigenvalue weighted by Gasteiger charge is 2.05. The van der Waals surface area contributed by atoms with Gasteiger partial charge >= 0.3 is 0 Å². The van der Waals surface area contributed by atoms with Crippen molar-refractivity contribution in [2.75, 3.05) is 0 Å². The number of alkyl halides is 2. The van der Waals surface area contributed by atoms with E-state index in [1.165, 1.54) is 12.1 Å². The Hall–Kier alpha value is -1.45. The van der Waals surface area contributed by atoms with Gasteiger partial charge in [-0.1, -0.05) is 24.3 Å². The summed E-state index contributed by atoms with van der Waals surface area (Å²) in [7, 11) is 0. The predicted octanol–water partition coefficient (Wildman–Crippen LogP) is 2.04. The number of aryl methyl sites for hydroxylation is 1. The van der Waals surface area contributed by atoms with Crippen molar-refractivity contribution in [3.8, 4) is 0 Å². The van der Waals surface area contributed by atoms with Gasteiger partial charge in [-0.15, -0.1) is 0 Å². The molecule has 1 amide bonds. The van der Waals surface area contributed by atoms with Crippen molar-refractivity contribution in [3.05, 3.63) is 35.4 Å². The molecule has 0 aliphatic heterocycles. The fourth-order valence-corrected chi connectivity index (χ4v) is 1.10. The molecule has 2 N–H and O–H groups in total. The number of hydrogen-bond acceptors (Lipinski definition) is 1. The second-order valence-corrected chi connectivity index (χ2v) is 3.01. The van der Waals surface area contributed by atoms with Crippen molar-refractivity contribution in [1.82, 2.24) is 0 Å². The number of primary amides is 1. The van der Waals surface area contributed by atoms with Crippen LogP contribution in [0, 0.1) is 0 Å². The zero-order valence-corrected chi connectivity index (χ0v) is 7.54. The maximum absolute atomic E-state index is 12.1. The molecule has 14 heavy (non-hydrogen) atoms. The Balaban J connectivity index is 2.59. The van der Waals surface area contributed by atoms with E-state index in [4.69, 9.17) is 5.73 Å². The molecule has 0 bridgehead atoms. The van der Waals surface area contributed by atoms with Gasteiger partial charge in [0.05, 0.1) is 0 Å². The molecular formula is C10H11F2NO. The van der Waals surface area contributed by atoms with Gasteiger partial charge in [-0.2, -0.15) is 0 Å². The van der Waals surface area contributed by atoms with Crippen LogP contribution in [0.2, 0.25) is 0 Å². The van der Waals surface area contributed by atoms with Gasteiger partial charge in [-0.3, -0.25) is 4.79 Å². The molecule has 0 fully saturated rings. The van der Waals surface area contributed by atoms with Gasteiger partial charge < -0.3 is 5.73 Å². The summed E-state index contributed by atoms with van der Waals surface area (Å²) in [6.07, 6.45) is -1.70. The van der Waals surface area contributed by atoms with Gasteiger partial charge in [-0.25, -0.2) is 8.78 Å². The molecule has 0 spiro atoms. The van der Waals surface area contributed by atoms with Crippen molar-refractivity contribution < 1.29 is 13.6 Å². The van der Waals surface area contributed by atoms with E-state index in [9.17, 15) is 13.6 Å². The standard InChI is InChI=1S/C10H11F2NO/c11-10(12)8-4-1-7(2-5-8)3-6-9(13)14/h1-2,4-5,10H,3,6H2,(H2,13,14). The van der Waals surface area contributed by atoms with Crippen molar-refractivity contribution >= 4 is 5.91 Å². The zero-order chi connectivity index (χ0) is 10.6. The Morgan fingerprint density at radius 1 is 1.29 bits per heavy atom. The smallest absolute Gasteiger partial charge is 0.263 e. The molecular weight excluding hydrogens is 188 g/mol. The number of rotatable bonds is 4. The largest absolute Gasteiger partial charge is 0.370 e. The van der Waals surface area contributed by atoms with Gasteiger partial charge in [0.1, 0.15) is 0 Å². The molecule has 0 saturated heterocycles. The Morgan fingerprint density at radius 3 is 2.29 bits per heavy atom. The van der Waals surface area contributed by atoms with E-state index in [0.29, 0.717) is 6.42 Å². The lowest BCUT2D eigenvalue weighted by atomic mass is 10.1. The maximum Gasteiger partial charge on any atom is 0.263 e. The summed E-state index contributed by atoms with van der Waals surface area (Å²) < 4.78 is 24.3. The molecule has 0 saturated carbocycles. The third kappa shape index (κ3) is 3.12. The van der Waals surface area contributed by atoms with Crippen molar-refractivity contribution in [1.29, 1.82) is 0 Å². The van der Waals surface area contributed by atoms with Crippen LogP contribution in [0.5, 0.6) is 0 Å². The van der Waals surface area contributed by atoms with Crippen LogP contribution in [-0.4, -0.2) is 5.91 Å². The van der Waals surface area contributed by atoms with Gasteiger partial charge in [0, 0.05) is 12.0 Å². The van der Waals surface area contributed by atoms with Gasteiger partial charge in [0.25, 0.3) is 6.43 Å². The molecule has 0 radical (unpaired) electrons. The number of carbonyl (C=O) groups excluding carboxylic acids is 1. The Labute approximate surface area is 80.7 Å². The van der Waals surface area contributed by atoms with E-state index in [2.05, 4.69) is 0 Å². The highest BCUT2D eigenvalue weighted by molar-refractivity contribution is 5.73. The van der Waals surface area contributed by atoms with E-state index >= 15 is 0 Å². The van der Waals surface area contributed by atoms with Gasteiger partial charge in [-0.05, 0) is 12.0 Å². The fraction of sp³-hybridized carbons (Fsp3) is 0.300. The van der Waals surface area contributed by atoms with E-state index in [0.717, 1.165) is 5.56 Å². The molecule has 1 aromatic carbocycles. The quantitative estimate of drug-likeness (QED) is 0.792. The number of halogens is 2. The molecule has 0 aliphatic carbocycles. The Kier molecular flexibility index (Phi) is 3.56. The van der Waals surface area contributed by atoms with E-state index < -0.39 is 6.43 Å². The number of benzene rings is 1. The minimum atomic E-state index is -2.44. The first-order valence-corrected chi connectivity index (χ1v) is 4.25. The molecule has 4 heteroatoms. The summed E-state index contributed by atoms with van der Waals surface area (Å²) in [6.45, 7) is 0. The second-order valence-electron chi connectivity index (χ2n) is 3.01. The number of amides is 1. The first-order chi connectivity index (χ1) is 6.59. The number of nitrogens with two attached hydrogens (primary N) is 1. The van der Waals surface area contributed by atoms with Crippen LogP contribution >= 0.6 is 0 Å². The van der Waals surface area contributed by atoms with Crippen LogP contribution in [0.25, 0.3) is 0 Å². The minimum Gasteiger partial charge on any atom is -0.370 e. The first-order valence-electron chi connectivity index (χ1n) is 4.25. The van der Waals surface area contributed by atoms with Crippen LogP contribution in [0.15, 0.2) is 24.3 Å². The fourth-order valence-electron chi connectivity index (χ4n) is 1.10. The topological polar surface area (TPSA) is 43.1 Å². The normalized spacial score (nSPS) is 10.5. The second kappa shape index (κ2) is 4.69. The molecule has 1 aromatic rings. The number of carbonyl (C=O) groups is 1. The highest BCUT2D eigenvalue weighted by atomic mass is 19.3. The van der Waals surface area contributed by atoms with E-state index in [1.54, 1.807) is 12.1 Å². The molecule has 0 atom stereocenters. The van der Waals surface area contributed by atoms with Crippen LogP contribution in [-0.2, 0) is 11.2 Å². The van der Waals surface area contributed by atoms with Crippen LogP contribution < -0.4 is 5.73 Å². The minimum absolute atomic E-state index is 0.00664. The zero-order valence-electron chi connectivity index (χ0n) is 7.54. The van der Waals surface area contributed by atoms with Crippen LogP contribution in [0.1, 0.15) is 24.0 Å². The molecule has 1 rings (SSSR count). The number of hydrogen-bond donors (Lipinski definition) is 1. The first kappa shape index (κ1) is 10.6. The monoisotopic (exact) mass is 199 g/mol. The Bertz CT molecular complexity index is 308. The highest BCUT2D eigenvalue weighted by Crippen LogP contribution is 2.18. The third-order valence-corrected chi connectivity index (χ3v) is 1.89. The lowest BCUT2D eigenvalue weighted by Gasteiger charge is -2.01. The van der Waals surface area contributed by atoms with Crippen LogP contribution in [0.3, 0.4) is 0 Å². The summed E-state index contributed by atoms with van der Waals surface area (Å²) in [5, 5.41) is 0. The van der Waals surface area contributed by atoms with Crippen molar-refractivity contribution in [2.45, 2.75) is 19.3 Å². The summed E-state index contributed by atoms with van der Waals surface area (Å²) in [5.41, 5.74) is 5.79. The molecule has 0 heterocycles. The molecule has 0 aromatic heterocycles. The van der Waals surface area contributed by atoms with Crippen LogP contribution in [0.4, 0.5) is 8.78 Å². The molecule has 2 nitrogen and oxygen atoms in total. The van der Waals surface area contributed by atoms with E-state index in [-0.39, 0.29) is 17.9 Å². The average Bonchev–Trinajstić information content (AvgIpc) is 2.15. The summed E-state index contributed by atoms with van der Waals surface area (Å²) in [4.78, 5) is 10.5. The maximum atomic E-state index is 12.1. The van der Waals surface area contributed by atoms with Crippen molar-refractivity contribution in [2.24, 2.45) is 5.73 Å². The summed E-state index contributed by atoms with van der Waals surface area (Å²) >= 11 is 0. The molecule has 0 aliphatic rings. The Morgan fingerprint density at radius 2 is 1.86 bits per heavy atom. The van der Waals surface area contributed by atoms with Crippen molar-refractivity contribution in [3.63, 3.8) is 0 Å². The predicted molar refractivity (Wildman–Crippen MR) is 48.9 cm³/mol. The third-order valence-electron chi connectivity index (χ3n) is 1.89. The average molecular weight is 199 g/mol. The lowest BCUT2D eigenvalue weighted by Crippen LogP contribution is -2.11. The SMILES string of the molecule is NC(=O)CCc1ccc(C(F)F)cc1. The molecule has 0 unspecified atom stereocenters. The molecule has 76 valence electrons. The van der Waals surface area contributed by atoms with Gasteiger partial charge in [0.2, 0.25) is 5.91 Å².